The number of nitrogens with one attached hydrogen (secondary N) is 1. The fourth-order valence-electron chi connectivity index (χ4n) is 0.630. The Morgan fingerprint density at radius 3 is 3.12 bits per heavy atom. The summed E-state index contributed by atoms with van der Waals surface area (Å²) in [5.74, 6) is 0. The lowest BCUT2D eigenvalue weighted by atomic mass is 10.4. The predicted octanol–water partition coefficient (Wildman–Crippen LogP) is 0.576. The van der Waals surface area contributed by atoms with Crippen molar-refractivity contribution in [2.24, 2.45) is 0 Å². The van der Waals surface area contributed by atoms with Gasteiger partial charge in [-0.3, -0.25) is 4.79 Å². The van der Waals surface area contributed by atoms with E-state index in [1.165, 1.54) is 0 Å². The van der Waals surface area contributed by atoms with E-state index >= 15 is 0 Å². The normalized spacial score (nSPS) is 15.8. The molecule has 2 nitrogen and oxygen atoms in total. The van der Waals surface area contributed by atoms with Crippen molar-refractivity contribution in [3.63, 3.8) is 0 Å². The lowest BCUT2D eigenvalue weighted by Crippen LogP contribution is -2.07. The Hall–Kier alpha value is -1.05. The third-order valence-corrected chi connectivity index (χ3v) is 1.02. The maximum Gasteiger partial charge on any atom is 0.211 e. The van der Waals surface area contributed by atoms with Crippen LogP contribution in [-0.2, 0) is 4.79 Å². The summed E-state index contributed by atoms with van der Waals surface area (Å²) in [7, 11) is 0. The van der Waals surface area contributed by atoms with Gasteiger partial charge in [-0.25, -0.2) is 0 Å². The quantitative estimate of drug-likeness (QED) is 0.516. The molecule has 42 valence electrons. The van der Waals surface area contributed by atoms with E-state index in [4.69, 9.17) is 0 Å². The van der Waals surface area contributed by atoms with Gasteiger partial charge < -0.3 is 5.32 Å². The molecule has 0 aromatic rings. The fourth-order valence-corrected chi connectivity index (χ4v) is 0.630. The molecule has 0 aliphatic heterocycles. The smallest absolute Gasteiger partial charge is 0.211 e. The number of carbonyl (C=O) groups is 1. The lowest BCUT2D eigenvalue weighted by Gasteiger charge is -1.93. The molecule has 0 saturated heterocycles. The molecule has 8 heavy (non-hydrogen) atoms. The van der Waals surface area contributed by atoms with Crippen LogP contribution in [0.25, 0.3) is 0 Å². The molecule has 0 unspecified atom stereocenters. The highest BCUT2D eigenvalue weighted by atomic mass is 16.1. The third-order valence-electron chi connectivity index (χ3n) is 1.02. The molecular weight excluding hydrogens is 102 g/mol. The first-order valence-electron chi connectivity index (χ1n) is 2.49. The third kappa shape index (κ3) is 0.964. The molecule has 2 heteroatoms. The lowest BCUT2D eigenvalue weighted by molar-refractivity contribution is -0.108. The first-order chi connectivity index (χ1) is 3.93. The molecule has 1 amide bonds. The van der Waals surface area contributed by atoms with Gasteiger partial charge in [0.2, 0.25) is 6.41 Å². The number of allylic oxidation sites excluding steroid dienone is 3. The van der Waals surface area contributed by atoms with Crippen molar-refractivity contribution >= 4 is 6.41 Å². The van der Waals surface area contributed by atoms with Gasteiger partial charge in [0.15, 0.2) is 0 Å². The Labute approximate surface area is 47.9 Å². The Morgan fingerprint density at radius 2 is 2.62 bits per heavy atom. The zero-order valence-corrected chi connectivity index (χ0v) is 4.42. The summed E-state index contributed by atoms with van der Waals surface area (Å²) in [6.07, 6.45) is 7.35. The molecule has 0 atom stereocenters. The molecule has 0 spiro atoms. The van der Waals surface area contributed by atoms with Crippen LogP contribution in [0, 0.1) is 0 Å². The summed E-state index contributed by atoms with van der Waals surface area (Å²) in [5, 5.41) is 2.56. The van der Waals surface area contributed by atoms with Crippen LogP contribution in [-0.4, -0.2) is 6.41 Å². The number of rotatable bonds is 2. The number of hydrogen-bond acceptors (Lipinski definition) is 1. The monoisotopic (exact) mass is 109 g/mol. The Morgan fingerprint density at radius 1 is 1.75 bits per heavy atom. The van der Waals surface area contributed by atoms with Crippen molar-refractivity contribution in [2.45, 2.75) is 6.42 Å². The molecule has 1 rings (SSSR count). The van der Waals surface area contributed by atoms with Crippen LogP contribution in [0.3, 0.4) is 0 Å². The van der Waals surface area contributed by atoms with Crippen molar-refractivity contribution in [3.8, 4) is 0 Å². The Balaban J connectivity index is 2.39. The zero-order chi connectivity index (χ0) is 5.82. The molecule has 1 aliphatic carbocycles. The van der Waals surface area contributed by atoms with Crippen molar-refractivity contribution in [3.05, 3.63) is 23.9 Å². The Kier molecular flexibility index (Phi) is 1.47. The van der Waals surface area contributed by atoms with Gasteiger partial charge in [0.1, 0.15) is 0 Å². The van der Waals surface area contributed by atoms with Gasteiger partial charge in [0.05, 0.1) is 0 Å². The molecule has 0 saturated carbocycles. The summed E-state index contributed by atoms with van der Waals surface area (Å²) in [6, 6.07) is 0. The number of hydrogen-bond donors (Lipinski definition) is 1. The van der Waals surface area contributed by atoms with Gasteiger partial charge in [-0.05, 0) is 6.08 Å². The summed E-state index contributed by atoms with van der Waals surface area (Å²) >= 11 is 0. The van der Waals surface area contributed by atoms with E-state index in [2.05, 4.69) is 5.32 Å². The van der Waals surface area contributed by atoms with Gasteiger partial charge in [0, 0.05) is 12.1 Å². The van der Waals surface area contributed by atoms with Gasteiger partial charge in [-0.1, -0.05) is 12.2 Å². The first kappa shape index (κ1) is 5.09. The van der Waals surface area contributed by atoms with Crippen molar-refractivity contribution in [1.29, 1.82) is 0 Å². The predicted molar refractivity (Wildman–Crippen MR) is 31.0 cm³/mol. The first-order valence-corrected chi connectivity index (χ1v) is 2.49. The van der Waals surface area contributed by atoms with Crippen LogP contribution in [0.1, 0.15) is 6.42 Å². The summed E-state index contributed by atoms with van der Waals surface area (Å²) < 4.78 is 0. The number of carbonyl (C=O) groups excluding carboxylic acids is 1. The topological polar surface area (TPSA) is 29.1 Å². The highest BCUT2D eigenvalue weighted by molar-refractivity contribution is 5.51. The maximum absolute atomic E-state index is 9.78. The van der Waals surface area contributed by atoms with E-state index in [1.807, 2.05) is 18.2 Å². The van der Waals surface area contributed by atoms with E-state index < -0.39 is 0 Å². The molecule has 0 heterocycles. The van der Waals surface area contributed by atoms with Crippen LogP contribution in [0.5, 0.6) is 0 Å². The van der Waals surface area contributed by atoms with Crippen molar-refractivity contribution in [2.75, 3.05) is 0 Å². The molecule has 0 radical (unpaired) electrons. The Bertz CT molecular complexity index is 147. The molecule has 0 aromatic carbocycles. The van der Waals surface area contributed by atoms with Gasteiger partial charge in [0.25, 0.3) is 0 Å². The van der Waals surface area contributed by atoms with Crippen LogP contribution < -0.4 is 5.32 Å². The highest BCUT2D eigenvalue weighted by Crippen LogP contribution is 2.04. The second-order valence-electron chi connectivity index (χ2n) is 1.59. The minimum Gasteiger partial charge on any atom is -0.332 e. The molecule has 0 aromatic heterocycles. The number of amides is 1. The zero-order valence-electron chi connectivity index (χ0n) is 4.42. The van der Waals surface area contributed by atoms with Crippen LogP contribution in [0.2, 0.25) is 0 Å². The molecule has 1 N–H and O–H groups in total. The SMILES string of the molecule is O=CNC1=CC=CC1. The van der Waals surface area contributed by atoms with E-state index in [-0.39, 0.29) is 0 Å². The molecule has 0 fully saturated rings. The largest absolute Gasteiger partial charge is 0.332 e. The van der Waals surface area contributed by atoms with Gasteiger partial charge >= 0.3 is 0 Å². The standard InChI is InChI=1S/C6H7NO/c8-5-7-6-3-1-2-4-6/h1-3,5H,4H2,(H,7,8). The second kappa shape index (κ2) is 2.31. The summed E-state index contributed by atoms with van der Waals surface area (Å²) in [4.78, 5) is 9.78. The maximum atomic E-state index is 9.78. The van der Waals surface area contributed by atoms with Crippen LogP contribution in [0.4, 0.5) is 0 Å². The van der Waals surface area contributed by atoms with Gasteiger partial charge in [-0.15, -0.1) is 0 Å². The van der Waals surface area contributed by atoms with E-state index in [0.29, 0.717) is 6.41 Å². The fraction of sp³-hybridized carbons (Fsp3) is 0.167. The molecule has 0 bridgehead atoms. The van der Waals surface area contributed by atoms with Crippen molar-refractivity contribution < 1.29 is 4.79 Å². The van der Waals surface area contributed by atoms with E-state index in [0.717, 1.165) is 12.1 Å². The second-order valence-corrected chi connectivity index (χ2v) is 1.59. The summed E-state index contributed by atoms with van der Waals surface area (Å²) in [5.41, 5.74) is 0.972. The van der Waals surface area contributed by atoms with Crippen LogP contribution >= 0.6 is 0 Å². The molecule has 1 aliphatic rings. The average Bonchev–Trinajstić information content (AvgIpc) is 2.19. The average molecular weight is 109 g/mol. The minimum absolute atomic E-state index is 0.693. The molecular formula is C6H7NO. The van der Waals surface area contributed by atoms with E-state index in [9.17, 15) is 4.79 Å². The van der Waals surface area contributed by atoms with E-state index in [1.54, 1.807) is 0 Å². The van der Waals surface area contributed by atoms with Gasteiger partial charge in [-0.2, -0.15) is 0 Å². The summed E-state index contributed by atoms with van der Waals surface area (Å²) in [6.45, 7) is 0. The van der Waals surface area contributed by atoms with Crippen LogP contribution in [0.15, 0.2) is 23.9 Å². The minimum atomic E-state index is 0.693. The highest BCUT2D eigenvalue weighted by Gasteiger charge is 1.93. The van der Waals surface area contributed by atoms with Crippen molar-refractivity contribution in [1.82, 2.24) is 5.32 Å².